The van der Waals surface area contributed by atoms with Gasteiger partial charge in [0.1, 0.15) is 6.04 Å². The van der Waals surface area contributed by atoms with Crippen LogP contribution in [0.2, 0.25) is 5.02 Å². The third kappa shape index (κ3) is 5.07. The molecule has 1 unspecified atom stereocenters. The lowest BCUT2D eigenvalue weighted by molar-refractivity contribution is -0.139. The summed E-state index contributed by atoms with van der Waals surface area (Å²) in [6.07, 6.45) is 0.523. The van der Waals surface area contributed by atoms with E-state index in [4.69, 9.17) is 16.7 Å². The monoisotopic (exact) mass is 323 g/mol. The number of halogens is 2. The number of nitrogens with one attached hydrogen (secondary N) is 1. The average molecular weight is 324 g/mol. The molecule has 0 aliphatic rings. The second kappa shape index (κ2) is 7.56. The summed E-state index contributed by atoms with van der Waals surface area (Å²) < 4.78 is 38.1. The van der Waals surface area contributed by atoms with Gasteiger partial charge < -0.3 is 5.11 Å². The first-order chi connectivity index (χ1) is 9.36. The van der Waals surface area contributed by atoms with Gasteiger partial charge in [0.05, 0.1) is 11.6 Å². The zero-order valence-electron chi connectivity index (χ0n) is 10.6. The lowest BCUT2D eigenvalue weighted by Crippen LogP contribution is -2.40. The summed E-state index contributed by atoms with van der Waals surface area (Å²) in [4.78, 5) is 10.9. The Kier molecular flexibility index (Phi) is 6.38. The SMILES string of the molecule is O=C(O)C(CCCCF)NS(=O)(=O)c1ccc(Cl)cc1. The van der Waals surface area contributed by atoms with Gasteiger partial charge in [-0.15, -0.1) is 0 Å². The van der Waals surface area contributed by atoms with Gasteiger partial charge in [0.2, 0.25) is 10.0 Å². The molecule has 0 aliphatic carbocycles. The fourth-order valence-electron chi connectivity index (χ4n) is 1.54. The highest BCUT2D eigenvalue weighted by Gasteiger charge is 2.24. The van der Waals surface area contributed by atoms with E-state index in [0.29, 0.717) is 5.02 Å². The van der Waals surface area contributed by atoms with Gasteiger partial charge in [-0.1, -0.05) is 11.6 Å². The van der Waals surface area contributed by atoms with Gasteiger partial charge in [0, 0.05) is 5.02 Å². The van der Waals surface area contributed by atoms with Crippen LogP contribution < -0.4 is 4.72 Å². The summed E-state index contributed by atoms with van der Waals surface area (Å²) in [6, 6.07) is 4.09. The minimum Gasteiger partial charge on any atom is -0.480 e. The van der Waals surface area contributed by atoms with Crippen LogP contribution in [0.5, 0.6) is 0 Å². The molecule has 112 valence electrons. The van der Waals surface area contributed by atoms with E-state index in [1.165, 1.54) is 24.3 Å². The Morgan fingerprint density at radius 1 is 1.30 bits per heavy atom. The van der Waals surface area contributed by atoms with Crippen molar-refractivity contribution >= 4 is 27.6 Å². The van der Waals surface area contributed by atoms with Gasteiger partial charge in [-0.05, 0) is 43.5 Å². The normalized spacial score (nSPS) is 13.1. The lowest BCUT2D eigenvalue weighted by atomic mass is 10.1. The molecule has 0 heterocycles. The molecule has 0 radical (unpaired) electrons. The fourth-order valence-corrected chi connectivity index (χ4v) is 2.89. The Bertz CT molecular complexity index is 547. The molecule has 8 heteroatoms. The second-order valence-corrected chi connectivity index (χ2v) is 6.30. The number of rotatable bonds is 8. The van der Waals surface area contributed by atoms with Crippen molar-refractivity contribution < 1.29 is 22.7 Å². The second-order valence-electron chi connectivity index (χ2n) is 4.15. The summed E-state index contributed by atoms with van der Waals surface area (Å²) in [5.41, 5.74) is 0. The van der Waals surface area contributed by atoms with Crippen LogP contribution in [0.25, 0.3) is 0 Å². The van der Waals surface area contributed by atoms with E-state index >= 15 is 0 Å². The first-order valence-electron chi connectivity index (χ1n) is 5.93. The van der Waals surface area contributed by atoms with Crippen molar-refractivity contribution in [2.24, 2.45) is 0 Å². The summed E-state index contributed by atoms with van der Waals surface area (Å²) in [6.45, 7) is -0.559. The molecule has 0 spiro atoms. The van der Waals surface area contributed by atoms with Crippen molar-refractivity contribution in [3.8, 4) is 0 Å². The Labute approximate surface area is 121 Å². The molecular formula is C12H15ClFNO4S. The highest BCUT2D eigenvalue weighted by molar-refractivity contribution is 7.89. The maximum atomic E-state index is 12.0. The third-order valence-corrected chi connectivity index (χ3v) is 4.34. The lowest BCUT2D eigenvalue weighted by Gasteiger charge is -2.14. The van der Waals surface area contributed by atoms with Gasteiger partial charge in [0.25, 0.3) is 0 Å². The summed E-state index contributed by atoms with van der Waals surface area (Å²) in [5, 5.41) is 9.36. The summed E-state index contributed by atoms with van der Waals surface area (Å²) in [5.74, 6) is -1.29. The molecule has 0 fully saturated rings. The van der Waals surface area contributed by atoms with Gasteiger partial charge in [-0.3, -0.25) is 9.18 Å². The minimum absolute atomic E-state index is 0.0338. The largest absolute Gasteiger partial charge is 0.480 e. The van der Waals surface area contributed by atoms with Crippen molar-refractivity contribution in [1.82, 2.24) is 4.72 Å². The van der Waals surface area contributed by atoms with Crippen LogP contribution in [-0.4, -0.2) is 32.2 Å². The van der Waals surface area contributed by atoms with Crippen LogP contribution in [0.15, 0.2) is 29.2 Å². The summed E-state index contributed by atoms with van der Waals surface area (Å²) >= 11 is 5.66. The number of carbonyl (C=O) groups is 1. The zero-order valence-corrected chi connectivity index (χ0v) is 12.1. The van der Waals surface area contributed by atoms with Crippen LogP contribution in [0.3, 0.4) is 0 Å². The molecular weight excluding hydrogens is 309 g/mol. The van der Waals surface area contributed by atoms with Crippen molar-refractivity contribution in [2.45, 2.75) is 30.2 Å². The van der Waals surface area contributed by atoms with Crippen molar-refractivity contribution in [3.05, 3.63) is 29.3 Å². The van der Waals surface area contributed by atoms with E-state index in [1.54, 1.807) is 0 Å². The smallest absolute Gasteiger partial charge is 0.321 e. The van der Waals surface area contributed by atoms with E-state index < -0.39 is 28.7 Å². The van der Waals surface area contributed by atoms with Crippen molar-refractivity contribution in [2.75, 3.05) is 6.67 Å². The maximum absolute atomic E-state index is 12.0. The molecule has 0 amide bonds. The average Bonchev–Trinajstić information content (AvgIpc) is 2.38. The van der Waals surface area contributed by atoms with E-state index in [0.717, 1.165) is 0 Å². The quantitative estimate of drug-likeness (QED) is 0.718. The van der Waals surface area contributed by atoms with E-state index in [1.807, 2.05) is 0 Å². The molecule has 0 aromatic heterocycles. The number of aliphatic carboxylic acids is 1. The van der Waals surface area contributed by atoms with E-state index in [-0.39, 0.29) is 24.2 Å². The molecule has 0 saturated heterocycles. The number of sulfonamides is 1. The molecule has 0 saturated carbocycles. The zero-order chi connectivity index (χ0) is 15.2. The van der Waals surface area contributed by atoms with Crippen LogP contribution in [0, 0.1) is 0 Å². The topological polar surface area (TPSA) is 83.5 Å². The van der Waals surface area contributed by atoms with Gasteiger partial charge in [0.15, 0.2) is 0 Å². The predicted molar refractivity (Wildman–Crippen MR) is 73.0 cm³/mol. The Morgan fingerprint density at radius 2 is 1.90 bits per heavy atom. The highest BCUT2D eigenvalue weighted by atomic mass is 35.5. The Morgan fingerprint density at radius 3 is 2.40 bits per heavy atom. The van der Waals surface area contributed by atoms with Crippen LogP contribution in [0.1, 0.15) is 19.3 Å². The maximum Gasteiger partial charge on any atom is 0.321 e. The molecule has 2 N–H and O–H groups in total. The highest BCUT2D eigenvalue weighted by Crippen LogP contribution is 2.15. The molecule has 5 nitrogen and oxygen atoms in total. The van der Waals surface area contributed by atoms with Gasteiger partial charge >= 0.3 is 5.97 Å². The van der Waals surface area contributed by atoms with E-state index in [9.17, 15) is 17.6 Å². The van der Waals surface area contributed by atoms with Crippen molar-refractivity contribution in [3.63, 3.8) is 0 Å². The standard InChI is InChI=1S/C12H15ClFNO4S/c13-9-4-6-10(7-5-9)20(18,19)15-11(12(16)17)3-1-2-8-14/h4-7,11,15H,1-3,8H2,(H,16,17). The van der Waals surface area contributed by atoms with Crippen LogP contribution in [0.4, 0.5) is 4.39 Å². The van der Waals surface area contributed by atoms with Gasteiger partial charge in [-0.2, -0.15) is 4.72 Å². The number of hydrogen-bond donors (Lipinski definition) is 2. The fraction of sp³-hybridized carbons (Fsp3) is 0.417. The Hall–Kier alpha value is -1.18. The number of alkyl halides is 1. The van der Waals surface area contributed by atoms with Gasteiger partial charge in [-0.25, -0.2) is 8.42 Å². The molecule has 1 rings (SSSR count). The minimum atomic E-state index is -3.94. The molecule has 0 bridgehead atoms. The molecule has 1 atom stereocenters. The molecule has 20 heavy (non-hydrogen) atoms. The summed E-state index contributed by atoms with van der Waals surface area (Å²) in [7, 11) is -3.94. The van der Waals surface area contributed by atoms with Crippen molar-refractivity contribution in [1.29, 1.82) is 0 Å². The molecule has 0 aliphatic heterocycles. The predicted octanol–water partition coefficient (Wildman–Crippen LogP) is 2.21. The van der Waals surface area contributed by atoms with Crippen LogP contribution >= 0.6 is 11.6 Å². The van der Waals surface area contributed by atoms with E-state index in [2.05, 4.69) is 4.72 Å². The number of unbranched alkanes of at least 4 members (excludes halogenated alkanes) is 1. The number of carboxylic acids is 1. The molecule has 1 aromatic carbocycles. The first kappa shape index (κ1) is 16.9. The van der Waals surface area contributed by atoms with Crippen LogP contribution in [-0.2, 0) is 14.8 Å². The number of carboxylic acid groups (broad SMARTS) is 1. The number of benzene rings is 1. The number of hydrogen-bond acceptors (Lipinski definition) is 3. The Balaban J connectivity index is 2.80. The first-order valence-corrected chi connectivity index (χ1v) is 7.79. The third-order valence-electron chi connectivity index (χ3n) is 2.60. The molecule has 1 aromatic rings.